The third kappa shape index (κ3) is 4.04. The molecule has 0 N–H and O–H groups in total. The molecule has 152 valence electrons. The Morgan fingerprint density at radius 1 is 1.10 bits per heavy atom. The molecular formula is C21H23N3O4S. The summed E-state index contributed by atoms with van der Waals surface area (Å²) in [7, 11) is -1.93. The van der Waals surface area contributed by atoms with Gasteiger partial charge in [-0.15, -0.1) is 0 Å². The highest BCUT2D eigenvalue weighted by Crippen LogP contribution is 2.30. The molecule has 1 aliphatic heterocycles. The fourth-order valence-corrected chi connectivity index (χ4v) is 5.01. The van der Waals surface area contributed by atoms with Crippen LogP contribution >= 0.6 is 0 Å². The van der Waals surface area contributed by atoms with Crippen LogP contribution in [0, 0.1) is 6.92 Å². The molecule has 0 amide bonds. The van der Waals surface area contributed by atoms with Gasteiger partial charge in [-0.05, 0) is 56.2 Å². The third-order valence-electron chi connectivity index (χ3n) is 5.19. The van der Waals surface area contributed by atoms with Crippen molar-refractivity contribution < 1.29 is 17.7 Å². The molecule has 8 heteroatoms. The fourth-order valence-electron chi connectivity index (χ4n) is 3.48. The second kappa shape index (κ2) is 7.96. The van der Waals surface area contributed by atoms with Gasteiger partial charge in [0.1, 0.15) is 5.75 Å². The van der Waals surface area contributed by atoms with Gasteiger partial charge in [-0.3, -0.25) is 0 Å². The largest absolute Gasteiger partial charge is 0.497 e. The van der Waals surface area contributed by atoms with E-state index in [9.17, 15) is 8.42 Å². The van der Waals surface area contributed by atoms with Crippen molar-refractivity contribution in [3.05, 3.63) is 59.9 Å². The number of hydrogen-bond acceptors (Lipinski definition) is 6. The Bertz CT molecular complexity index is 1080. The molecule has 1 unspecified atom stereocenters. The van der Waals surface area contributed by atoms with Crippen LogP contribution in [0.15, 0.2) is 57.9 Å². The summed E-state index contributed by atoms with van der Waals surface area (Å²) < 4.78 is 38.1. The minimum absolute atomic E-state index is 0.0975. The molecule has 1 atom stereocenters. The molecule has 1 fully saturated rings. The molecular weight excluding hydrogens is 390 g/mol. The minimum Gasteiger partial charge on any atom is -0.497 e. The zero-order valence-electron chi connectivity index (χ0n) is 16.4. The van der Waals surface area contributed by atoms with Crippen molar-refractivity contribution in [3.63, 3.8) is 0 Å². The third-order valence-corrected chi connectivity index (χ3v) is 7.07. The molecule has 0 saturated carbocycles. The van der Waals surface area contributed by atoms with Gasteiger partial charge in [0.05, 0.1) is 12.0 Å². The van der Waals surface area contributed by atoms with Crippen molar-refractivity contribution in [1.29, 1.82) is 0 Å². The lowest BCUT2D eigenvalue weighted by Crippen LogP contribution is -2.39. The summed E-state index contributed by atoms with van der Waals surface area (Å²) >= 11 is 0. The lowest BCUT2D eigenvalue weighted by molar-refractivity contribution is 0.302. The summed E-state index contributed by atoms with van der Waals surface area (Å²) in [5, 5.41) is 4.12. The van der Waals surface area contributed by atoms with Crippen LogP contribution in [0.2, 0.25) is 0 Å². The normalized spacial score (nSPS) is 17.9. The van der Waals surface area contributed by atoms with E-state index in [1.165, 1.54) is 4.31 Å². The zero-order valence-corrected chi connectivity index (χ0v) is 17.2. The highest BCUT2D eigenvalue weighted by Gasteiger charge is 2.33. The number of methoxy groups -OCH3 is 1. The monoisotopic (exact) mass is 413 g/mol. The van der Waals surface area contributed by atoms with Crippen molar-refractivity contribution in [1.82, 2.24) is 14.4 Å². The van der Waals surface area contributed by atoms with Gasteiger partial charge in [0.2, 0.25) is 10.0 Å². The van der Waals surface area contributed by atoms with Crippen LogP contribution in [0.4, 0.5) is 0 Å². The second-order valence-electron chi connectivity index (χ2n) is 7.20. The van der Waals surface area contributed by atoms with E-state index in [4.69, 9.17) is 9.26 Å². The van der Waals surface area contributed by atoms with Crippen molar-refractivity contribution in [2.45, 2.75) is 30.6 Å². The smallest absolute Gasteiger partial charge is 0.257 e. The van der Waals surface area contributed by atoms with Gasteiger partial charge in [-0.25, -0.2) is 8.42 Å². The molecule has 0 bridgehead atoms. The van der Waals surface area contributed by atoms with Crippen LogP contribution in [-0.4, -0.2) is 43.1 Å². The lowest BCUT2D eigenvalue weighted by Gasteiger charge is -2.30. The summed E-state index contributed by atoms with van der Waals surface area (Å²) in [5.74, 6) is 1.61. The predicted molar refractivity (Wildman–Crippen MR) is 108 cm³/mol. The van der Waals surface area contributed by atoms with Gasteiger partial charge in [0, 0.05) is 24.6 Å². The van der Waals surface area contributed by atoms with Gasteiger partial charge in [-0.1, -0.05) is 22.9 Å². The molecule has 29 heavy (non-hydrogen) atoms. The van der Waals surface area contributed by atoms with Crippen LogP contribution in [0.3, 0.4) is 0 Å². The lowest BCUT2D eigenvalue weighted by atomic mass is 9.99. The molecule has 1 aromatic heterocycles. The highest BCUT2D eigenvalue weighted by molar-refractivity contribution is 7.89. The number of rotatable bonds is 5. The van der Waals surface area contributed by atoms with Crippen LogP contribution in [0.5, 0.6) is 5.75 Å². The van der Waals surface area contributed by atoms with E-state index in [0.29, 0.717) is 29.7 Å². The van der Waals surface area contributed by atoms with Crippen LogP contribution in [0.25, 0.3) is 11.5 Å². The Balaban J connectivity index is 1.52. The maximum absolute atomic E-state index is 13.0. The highest BCUT2D eigenvalue weighted by atomic mass is 32.2. The minimum atomic E-state index is -3.54. The Hall–Kier alpha value is -2.71. The Labute approximate surface area is 170 Å². The maximum Gasteiger partial charge on any atom is 0.257 e. The van der Waals surface area contributed by atoms with Crippen LogP contribution < -0.4 is 4.74 Å². The van der Waals surface area contributed by atoms with E-state index in [2.05, 4.69) is 10.1 Å². The average molecular weight is 413 g/mol. The number of aryl methyl sites for hydroxylation is 1. The SMILES string of the molecule is COc1ccc(-c2nc(C3CCCN(S(=O)(=O)c4ccc(C)cc4)C3)no2)cc1. The standard InChI is InChI=1S/C21H23N3O4S/c1-15-5-11-19(12-6-15)29(25,26)24-13-3-4-17(14-24)20-22-21(28-23-20)16-7-9-18(27-2)10-8-16/h5-12,17H,3-4,13-14H2,1-2H3. The quantitative estimate of drug-likeness (QED) is 0.635. The fraction of sp³-hybridized carbons (Fsp3) is 0.333. The molecule has 0 radical (unpaired) electrons. The second-order valence-corrected chi connectivity index (χ2v) is 9.14. The summed E-state index contributed by atoms with van der Waals surface area (Å²) in [4.78, 5) is 4.84. The van der Waals surface area contributed by atoms with E-state index in [1.807, 2.05) is 43.3 Å². The van der Waals surface area contributed by atoms with Crippen molar-refractivity contribution >= 4 is 10.0 Å². The maximum atomic E-state index is 13.0. The van der Waals surface area contributed by atoms with Crippen molar-refractivity contribution in [3.8, 4) is 17.2 Å². The van der Waals surface area contributed by atoms with Gasteiger partial charge in [0.15, 0.2) is 5.82 Å². The first-order valence-corrected chi connectivity index (χ1v) is 11.0. The zero-order chi connectivity index (χ0) is 20.4. The molecule has 2 heterocycles. The summed E-state index contributed by atoms with van der Waals surface area (Å²) in [5.41, 5.74) is 1.82. The molecule has 7 nitrogen and oxygen atoms in total. The first-order chi connectivity index (χ1) is 14.0. The Morgan fingerprint density at radius 3 is 2.52 bits per heavy atom. The van der Waals surface area contributed by atoms with E-state index in [-0.39, 0.29) is 5.92 Å². The Morgan fingerprint density at radius 2 is 1.83 bits per heavy atom. The number of benzene rings is 2. The Kier molecular flexibility index (Phi) is 5.38. The molecule has 0 spiro atoms. The van der Waals surface area contributed by atoms with E-state index in [0.717, 1.165) is 29.7 Å². The number of piperidine rings is 1. The van der Waals surface area contributed by atoms with E-state index >= 15 is 0 Å². The van der Waals surface area contributed by atoms with E-state index in [1.54, 1.807) is 19.2 Å². The molecule has 2 aromatic carbocycles. The van der Waals surface area contributed by atoms with E-state index < -0.39 is 10.0 Å². The molecule has 0 aliphatic carbocycles. The molecule has 4 rings (SSSR count). The summed E-state index contributed by atoms with van der Waals surface area (Å²) in [6.45, 7) is 2.78. The number of sulfonamides is 1. The number of nitrogens with zero attached hydrogens (tertiary/aromatic N) is 3. The van der Waals surface area contributed by atoms with Crippen LogP contribution in [0.1, 0.15) is 30.1 Å². The molecule has 1 saturated heterocycles. The number of hydrogen-bond donors (Lipinski definition) is 0. The first kappa shape index (κ1) is 19.6. The number of aromatic nitrogens is 2. The molecule has 1 aliphatic rings. The van der Waals surface area contributed by atoms with Crippen molar-refractivity contribution in [2.24, 2.45) is 0 Å². The summed E-state index contributed by atoms with van der Waals surface area (Å²) in [6, 6.07) is 14.3. The first-order valence-electron chi connectivity index (χ1n) is 9.52. The van der Waals surface area contributed by atoms with Crippen molar-refractivity contribution in [2.75, 3.05) is 20.2 Å². The molecule has 3 aromatic rings. The average Bonchev–Trinajstić information content (AvgIpc) is 3.24. The topological polar surface area (TPSA) is 85.5 Å². The van der Waals surface area contributed by atoms with Gasteiger partial charge in [-0.2, -0.15) is 9.29 Å². The number of ether oxygens (including phenoxy) is 1. The predicted octanol–water partition coefficient (Wildman–Crippen LogP) is 3.62. The summed E-state index contributed by atoms with van der Waals surface area (Å²) in [6.07, 6.45) is 1.57. The van der Waals surface area contributed by atoms with Gasteiger partial charge < -0.3 is 9.26 Å². The van der Waals surface area contributed by atoms with Crippen LogP contribution in [-0.2, 0) is 10.0 Å². The van der Waals surface area contributed by atoms with Gasteiger partial charge in [0.25, 0.3) is 5.89 Å². The van der Waals surface area contributed by atoms with Gasteiger partial charge >= 0.3 is 0 Å².